The second-order valence-corrected chi connectivity index (χ2v) is 8.85. The van der Waals surface area contributed by atoms with Crippen LogP contribution in [0.2, 0.25) is 0 Å². The normalized spacial score (nSPS) is 14.2. The van der Waals surface area contributed by atoms with E-state index in [0.29, 0.717) is 35.7 Å². The van der Waals surface area contributed by atoms with E-state index in [9.17, 15) is 9.59 Å². The molecule has 4 rings (SSSR count). The molecule has 0 saturated heterocycles. The van der Waals surface area contributed by atoms with Crippen molar-refractivity contribution in [2.75, 3.05) is 26.1 Å². The van der Waals surface area contributed by atoms with E-state index in [1.165, 1.54) is 0 Å². The number of carbonyl (C=O) groups is 2. The number of amides is 2. The molecule has 3 aromatic rings. The molecule has 3 aromatic carbocycles. The van der Waals surface area contributed by atoms with Gasteiger partial charge in [0.1, 0.15) is 0 Å². The van der Waals surface area contributed by atoms with Crippen LogP contribution in [0.3, 0.4) is 0 Å². The first-order valence-corrected chi connectivity index (χ1v) is 12.0. The summed E-state index contributed by atoms with van der Waals surface area (Å²) in [5, 5.41) is 6.05. The average molecular weight is 473 g/mol. The average Bonchev–Trinajstić information content (AvgIpc) is 3.41. The maximum absolute atomic E-state index is 13.6. The predicted octanol–water partition coefficient (Wildman–Crippen LogP) is 5.13. The minimum absolute atomic E-state index is 0.0493. The van der Waals surface area contributed by atoms with E-state index >= 15 is 0 Å². The molecule has 0 radical (unpaired) electrons. The number of carbonyl (C=O) groups excluding carboxylic acids is 2. The van der Waals surface area contributed by atoms with E-state index in [-0.39, 0.29) is 11.8 Å². The van der Waals surface area contributed by atoms with Gasteiger partial charge in [-0.05, 0) is 54.7 Å². The molecule has 1 aliphatic carbocycles. The Balaban J connectivity index is 1.44. The summed E-state index contributed by atoms with van der Waals surface area (Å²) in [6.45, 7) is 0.449. The monoisotopic (exact) mass is 472 g/mol. The third-order valence-corrected chi connectivity index (χ3v) is 6.79. The van der Waals surface area contributed by atoms with E-state index in [2.05, 4.69) is 10.6 Å². The Bertz CT molecular complexity index is 1170. The predicted molar refractivity (Wildman–Crippen MR) is 137 cm³/mol. The van der Waals surface area contributed by atoms with Gasteiger partial charge in [0.05, 0.1) is 30.9 Å². The lowest BCUT2D eigenvalue weighted by atomic mass is 9.78. The number of methoxy groups -OCH3 is 2. The van der Waals surface area contributed by atoms with Crippen molar-refractivity contribution >= 4 is 17.5 Å². The zero-order chi connectivity index (χ0) is 24.7. The summed E-state index contributed by atoms with van der Waals surface area (Å²) in [5.74, 6) is 1.05. The van der Waals surface area contributed by atoms with Crippen molar-refractivity contribution in [3.63, 3.8) is 0 Å². The van der Waals surface area contributed by atoms with Gasteiger partial charge in [0, 0.05) is 6.54 Å². The minimum Gasteiger partial charge on any atom is -0.493 e. The van der Waals surface area contributed by atoms with E-state index in [1.54, 1.807) is 32.4 Å². The third-order valence-electron chi connectivity index (χ3n) is 6.79. The highest BCUT2D eigenvalue weighted by molar-refractivity contribution is 6.06. The number of rotatable bonds is 9. The highest BCUT2D eigenvalue weighted by Gasteiger charge is 2.42. The Morgan fingerprint density at radius 2 is 1.54 bits per heavy atom. The fourth-order valence-electron chi connectivity index (χ4n) is 4.87. The summed E-state index contributed by atoms with van der Waals surface area (Å²) in [7, 11) is 3.20. The molecule has 0 aromatic heterocycles. The van der Waals surface area contributed by atoms with Crippen LogP contribution < -0.4 is 20.1 Å². The number of hydrogen-bond donors (Lipinski definition) is 2. The van der Waals surface area contributed by atoms with Crippen molar-refractivity contribution in [3.8, 4) is 11.5 Å². The Morgan fingerprint density at radius 3 is 2.26 bits per heavy atom. The van der Waals surface area contributed by atoms with Gasteiger partial charge < -0.3 is 20.1 Å². The van der Waals surface area contributed by atoms with Crippen molar-refractivity contribution in [3.05, 3.63) is 89.5 Å². The van der Waals surface area contributed by atoms with Crippen LogP contribution in [0.15, 0.2) is 72.8 Å². The number of nitrogens with one attached hydrogen (secondary N) is 2. The van der Waals surface area contributed by atoms with Crippen LogP contribution in [0.1, 0.15) is 47.2 Å². The number of hydrogen-bond acceptors (Lipinski definition) is 4. The Kier molecular flexibility index (Phi) is 7.70. The second kappa shape index (κ2) is 11.1. The second-order valence-electron chi connectivity index (χ2n) is 8.85. The van der Waals surface area contributed by atoms with Crippen LogP contribution in [0, 0.1) is 0 Å². The van der Waals surface area contributed by atoms with E-state index in [4.69, 9.17) is 9.47 Å². The van der Waals surface area contributed by atoms with E-state index in [1.807, 2.05) is 54.6 Å². The van der Waals surface area contributed by atoms with Gasteiger partial charge in [-0.15, -0.1) is 0 Å². The van der Waals surface area contributed by atoms with Gasteiger partial charge in [-0.1, -0.05) is 61.4 Å². The first kappa shape index (κ1) is 24.3. The number of para-hydroxylation sites is 1. The molecule has 2 amide bonds. The largest absolute Gasteiger partial charge is 0.493 e. The maximum Gasteiger partial charge on any atom is 0.253 e. The van der Waals surface area contributed by atoms with E-state index < -0.39 is 5.41 Å². The highest BCUT2D eigenvalue weighted by Crippen LogP contribution is 2.42. The lowest BCUT2D eigenvalue weighted by molar-refractivity contribution is -0.121. The van der Waals surface area contributed by atoms with Crippen LogP contribution in [-0.2, 0) is 16.6 Å². The molecule has 0 aliphatic heterocycles. The summed E-state index contributed by atoms with van der Waals surface area (Å²) in [5.41, 5.74) is 2.48. The molecule has 2 N–H and O–H groups in total. The summed E-state index contributed by atoms with van der Waals surface area (Å²) >= 11 is 0. The smallest absolute Gasteiger partial charge is 0.253 e. The topological polar surface area (TPSA) is 76.7 Å². The van der Waals surface area contributed by atoms with Gasteiger partial charge in [-0.3, -0.25) is 9.59 Å². The van der Waals surface area contributed by atoms with Crippen LogP contribution in [0.25, 0.3) is 0 Å². The highest BCUT2D eigenvalue weighted by atomic mass is 16.5. The molecule has 6 heteroatoms. The van der Waals surface area contributed by atoms with Crippen molar-refractivity contribution in [2.24, 2.45) is 0 Å². The summed E-state index contributed by atoms with van der Waals surface area (Å²) in [6, 6.07) is 22.8. The van der Waals surface area contributed by atoms with Crippen LogP contribution >= 0.6 is 0 Å². The van der Waals surface area contributed by atoms with Gasteiger partial charge in [0.15, 0.2) is 11.5 Å². The Labute approximate surface area is 206 Å². The van der Waals surface area contributed by atoms with E-state index in [0.717, 1.165) is 36.8 Å². The first-order chi connectivity index (χ1) is 17.1. The molecule has 1 aliphatic rings. The molecular weight excluding hydrogens is 440 g/mol. The molecule has 0 unspecified atom stereocenters. The lowest BCUT2D eigenvalue weighted by Gasteiger charge is -2.28. The quantitative estimate of drug-likeness (QED) is 0.453. The third kappa shape index (κ3) is 5.32. The van der Waals surface area contributed by atoms with Crippen molar-refractivity contribution in [2.45, 2.75) is 37.5 Å². The van der Waals surface area contributed by atoms with Crippen molar-refractivity contribution in [1.82, 2.24) is 5.32 Å². The molecular formula is C29H32N2O4. The van der Waals surface area contributed by atoms with Crippen LogP contribution in [-0.4, -0.2) is 32.6 Å². The molecule has 1 saturated carbocycles. The molecule has 0 spiro atoms. The maximum atomic E-state index is 13.6. The summed E-state index contributed by atoms with van der Waals surface area (Å²) < 4.78 is 10.6. The van der Waals surface area contributed by atoms with Crippen LogP contribution in [0.5, 0.6) is 11.5 Å². The SMILES string of the molecule is COc1ccc(CCNC(=O)c2ccccc2NC(=O)C2(c3ccccc3)CCCC2)cc1OC. The fourth-order valence-corrected chi connectivity index (χ4v) is 4.87. The number of anilines is 1. The van der Waals surface area contributed by atoms with Crippen molar-refractivity contribution in [1.29, 1.82) is 0 Å². The molecule has 35 heavy (non-hydrogen) atoms. The van der Waals surface area contributed by atoms with Gasteiger partial charge in [0.2, 0.25) is 5.91 Å². The van der Waals surface area contributed by atoms with Crippen molar-refractivity contribution < 1.29 is 19.1 Å². The molecule has 1 fully saturated rings. The molecule has 6 nitrogen and oxygen atoms in total. The number of benzene rings is 3. The fraction of sp³-hybridized carbons (Fsp3) is 0.310. The van der Waals surface area contributed by atoms with Gasteiger partial charge in [-0.25, -0.2) is 0 Å². The van der Waals surface area contributed by atoms with Gasteiger partial charge >= 0.3 is 0 Å². The molecule has 0 bridgehead atoms. The zero-order valence-electron chi connectivity index (χ0n) is 20.3. The summed E-state index contributed by atoms with van der Waals surface area (Å²) in [6.07, 6.45) is 4.28. The van der Waals surface area contributed by atoms with Gasteiger partial charge in [-0.2, -0.15) is 0 Å². The Hall–Kier alpha value is -3.80. The standard InChI is InChI=1S/C29H32N2O4/c1-34-25-15-14-21(20-26(25)35-2)16-19-30-27(32)23-12-6-7-13-24(23)31-28(33)29(17-8-9-18-29)22-10-4-3-5-11-22/h3-7,10-15,20H,8-9,16-19H2,1-2H3,(H,30,32)(H,31,33). The number of ether oxygens (including phenoxy) is 2. The molecule has 182 valence electrons. The minimum atomic E-state index is -0.557. The molecule has 0 heterocycles. The summed E-state index contributed by atoms with van der Waals surface area (Å²) in [4.78, 5) is 26.6. The Morgan fingerprint density at radius 1 is 0.857 bits per heavy atom. The lowest BCUT2D eigenvalue weighted by Crippen LogP contribution is -2.38. The van der Waals surface area contributed by atoms with Crippen LogP contribution in [0.4, 0.5) is 5.69 Å². The molecule has 0 atom stereocenters. The zero-order valence-corrected chi connectivity index (χ0v) is 20.3. The van der Waals surface area contributed by atoms with Gasteiger partial charge in [0.25, 0.3) is 5.91 Å². The first-order valence-electron chi connectivity index (χ1n) is 12.0.